The minimum atomic E-state index is -0.916. The predicted molar refractivity (Wildman–Crippen MR) is 117 cm³/mol. The normalized spacial score (nSPS) is 19.1. The third-order valence-corrected chi connectivity index (χ3v) is 5.83. The van der Waals surface area contributed by atoms with E-state index in [0.29, 0.717) is 30.9 Å². The molecule has 0 aliphatic carbocycles. The fourth-order valence-corrected chi connectivity index (χ4v) is 4.02. The van der Waals surface area contributed by atoms with Gasteiger partial charge in [-0.15, -0.1) is 0 Å². The monoisotopic (exact) mass is 432 g/mol. The number of ether oxygens (including phenoxy) is 2. The summed E-state index contributed by atoms with van der Waals surface area (Å²) in [4.78, 5) is 0. The van der Waals surface area contributed by atoms with E-state index in [1.54, 1.807) is 19.1 Å². The van der Waals surface area contributed by atoms with Crippen molar-refractivity contribution in [1.29, 1.82) is 0 Å². The molecular formula is C26H31F3O2. The van der Waals surface area contributed by atoms with Gasteiger partial charge in [0.2, 0.25) is 5.82 Å². The second-order valence-electron chi connectivity index (χ2n) is 7.99. The molecule has 0 spiro atoms. The average Bonchev–Trinajstić information content (AvgIpc) is 2.80. The van der Waals surface area contributed by atoms with Gasteiger partial charge in [0, 0.05) is 0 Å². The largest absolute Gasteiger partial charge is 0.491 e. The number of allylic oxidation sites excluding steroid dienone is 2. The number of benzene rings is 2. The van der Waals surface area contributed by atoms with Crippen LogP contribution in [-0.2, 0) is 17.6 Å². The van der Waals surface area contributed by atoms with E-state index in [1.807, 2.05) is 18.2 Å². The first-order chi connectivity index (χ1) is 15.1. The van der Waals surface area contributed by atoms with E-state index < -0.39 is 18.3 Å². The predicted octanol–water partition coefficient (Wildman–Crippen LogP) is 6.92. The van der Waals surface area contributed by atoms with Crippen LogP contribution in [0.3, 0.4) is 0 Å². The minimum Gasteiger partial charge on any atom is -0.491 e. The van der Waals surface area contributed by atoms with Crippen LogP contribution in [0.2, 0.25) is 0 Å². The molecule has 0 aromatic heterocycles. The average molecular weight is 433 g/mol. The van der Waals surface area contributed by atoms with Crippen LogP contribution in [0, 0.1) is 17.6 Å². The topological polar surface area (TPSA) is 18.5 Å². The van der Waals surface area contributed by atoms with E-state index >= 15 is 0 Å². The van der Waals surface area contributed by atoms with E-state index in [-0.39, 0.29) is 11.9 Å². The quantitative estimate of drug-likeness (QED) is 0.379. The molecule has 5 heteroatoms. The molecule has 1 heterocycles. The summed E-state index contributed by atoms with van der Waals surface area (Å²) in [6.45, 7) is 2.37. The second kappa shape index (κ2) is 11.9. The highest BCUT2D eigenvalue weighted by Crippen LogP contribution is 2.32. The van der Waals surface area contributed by atoms with Gasteiger partial charge in [0.05, 0.1) is 19.3 Å². The highest BCUT2D eigenvalue weighted by Gasteiger charge is 2.22. The smallest absolute Gasteiger partial charge is 0.200 e. The van der Waals surface area contributed by atoms with Gasteiger partial charge in [-0.25, -0.2) is 8.78 Å². The van der Waals surface area contributed by atoms with Crippen molar-refractivity contribution in [2.24, 2.45) is 5.92 Å². The zero-order valence-corrected chi connectivity index (χ0v) is 18.1. The summed E-state index contributed by atoms with van der Waals surface area (Å²) < 4.78 is 51.5. The van der Waals surface area contributed by atoms with E-state index in [0.717, 1.165) is 43.4 Å². The second-order valence-corrected chi connectivity index (χ2v) is 7.99. The molecule has 1 aliphatic rings. The number of hydrogen-bond donors (Lipinski definition) is 0. The molecule has 0 amide bonds. The minimum absolute atomic E-state index is 0.0425. The Labute approximate surface area is 183 Å². The first-order valence-corrected chi connectivity index (χ1v) is 11.1. The molecule has 168 valence electrons. The summed E-state index contributed by atoms with van der Waals surface area (Å²) in [7, 11) is 0. The summed E-state index contributed by atoms with van der Waals surface area (Å²) >= 11 is 0. The third-order valence-electron chi connectivity index (χ3n) is 5.83. The Kier molecular flexibility index (Phi) is 9.01. The highest BCUT2D eigenvalue weighted by atomic mass is 19.2. The van der Waals surface area contributed by atoms with Gasteiger partial charge in [-0.3, -0.25) is 0 Å². The van der Waals surface area contributed by atoms with Gasteiger partial charge < -0.3 is 9.47 Å². The van der Waals surface area contributed by atoms with Crippen molar-refractivity contribution in [3.8, 4) is 5.75 Å². The van der Waals surface area contributed by atoms with E-state index in [1.165, 1.54) is 6.07 Å². The maximum atomic E-state index is 14.3. The third kappa shape index (κ3) is 6.60. The molecule has 2 aromatic rings. The van der Waals surface area contributed by atoms with Crippen LogP contribution in [0.1, 0.15) is 55.4 Å². The Morgan fingerprint density at radius 1 is 1.00 bits per heavy atom. The van der Waals surface area contributed by atoms with Crippen molar-refractivity contribution < 1.29 is 22.6 Å². The maximum absolute atomic E-state index is 14.3. The highest BCUT2D eigenvalue weighted by molar-refractivity contribution is 5.32. The van der Waals surface area contributed by atoms with Crippen LogP contribution in [-0.4, -0.2) is 19.9 Å². The summed E-state index contributed by atoms with van der Waals surface area (Å²) in [5, 5.41) is 0. The van der Waals surface area contributed by atoms with Crippen molar-refractivity contribution in [2.45, 2.75) is 51.6 Å². The Balaban J connectivity index is 1.49. The SMILES string of the molecule is CCOc1ccc(CCc2ccc(C3CCC(CC/C=C/CF)CO3)cc2)c(F)c1F. The van der Waals surface area contributed by atoms with Crippen LogP contribution >= 0.6 is 0 Å². The van der Waals surface area contributed by atoms with E-state index in [4.69, 9.17) is 9.47 Å². The fourth-order valence-electron chi connectivity index (χ4n) is 4.02. The van der Waals surface area contributed by atoms with E-state index in [2.05, 4.69) is 12.1 Å². The fraction of sp³-hybridized carbons (Fsp3) is 0.462. The van der Waals surface area contributed by atoms with Crippen molar-refractivity contribution in [3.63, 3.8) is 0 Å². The standard InChI is InChI=1S/C26H31F3O2/c1-2-30-24-16-14-22(25(28)26(24)29)13-9-19-7-11-21(12-8-19)23-15-10-20(18-31-23)6-4-3-5-17-27/h3,5,7-8,11-12,14,16,20,23H,2,4,6,9-10,13,15,17-18H2,1H3/b5-3+. The Bertz CT molecular complexity index is 840. The van der Waals surface area contributed by atoms with E-state index in [9.17, 15) is 13.2 Å². The molecule has 1 fully saturated rings. The molecule has 1 saturated heterocycles. The lowest BCUT2D eigenvalue weighted by Gasteiger charge is -2.29. The van der Waals surface area contributed by atoms with Crippen molar-refractivity contribution >= 4 is 0 Å². The number of halogens is 3. The Morgan fingerprint density at radius 3 is 2.48 bits per heavy atom. The molecule has 2 atom stereocenters. The molecule has 2 unspecified atom stereocenters. The zero-order valence-electron chi connectivity index (χ0n) is 18.1. The molecule has 2 aromatic carbocycles. The van der Waals surface area contributed by atoms with Gasteiger partial charge in [0.15, 0.2) is 11.6 Å². The first kappa shape index (κ1) is 23.4. The molecule has 0 radical (unpaired) electrons. The van der Waals surface area contributed by atoms with Crippen LogP contribution in [0.25, 0.3) is 0 Å². The van der Waals surface area contributed by atoms with Crippen molar-refractivity contribution in [2.75, 3.05) is 19.9 Å². The summed E-state index contributed by atoms with van der Waals surface area (Å²) in [6, 6.07) is 11.3. The molecule has 0 saturated carbocycles. The van der Waals surface area contributed by atoms with Crippen LogP contribution in [0.4, 0.5) is 13.2 Å². The Morgan fingerprint density at radius 2 is 1.81 bits per heavy atom. The number of aryl methyl sites for hydroxylation is 2. The zero-order chi connectivity index (χ0) is 22.1. The van der Waals surface area contributed by atoms with Gasteiger partial charge in [-0.2, -0.15) is 4.39 Å². The number of hydrogen-bond acceptors (Lipinski definition) is 2. The lowest BCUT2D eigenvalue weighted by atomic mass is 9.91. The number of rotatable bonds is 10. The van der Waals surface area contributed by atoms with Gasteiger partial charge in [-0.05, 0) is 74.1 Å². The lowest BCUT2D eigenvalue weighted by Crippen LogP contribution is -2.20. The van der Waals surface area contributed by atoms with Gasteiger partial charge >= 0.3 is 0 Å². The molecule has 3 rings (SSSR count). The van der Waals surface area contributed by atoms with Crippen LogP contribution in [0.5, 0.6) is 5.75 Å². The van der Waals surface area contributed by atoms with Crippen LogP contribution in [0.15, 0.2) is 48.6 Å². The van der Waals surface area contributed by atoms with Crippen LogP contribution < -0.4 is 4.74 Å². The van der Waals surface area contributed by atoms with Gasteiger partial charge in [0.25, 0.3) is 0 Å². The van der Waals surface area contributed by atoms with Crippen molar-refractivity contribution in [3.05, 3.63) is 76.9 Å². The summed E-state index contributed by atoms with van der Waals surface area (Å²) in [6.07, 6.45) is 8.64. The van der Waals surface area contributed by atoms with Crippen molar-refractivity contribution in [1.82, 2.24) is 0 Å². The van der Waals surface area contributed by atoms with Gasteiger partial charge in [-0.1, -0.05) is 42.5 Å². The van der Waals surface area contributed by atoms with Gasteiger partial charge in [0.1, 0.15) is 6.67 Å². The molecule has 2 nitrogen and oxygen atoms in total. The number of alkyl halides is 1. The molecule has 0 bridgehead atoms. The lowest BCUT2D eigenvalue weighted by molar-refractivity contribution is -0.0190. The molecule has 1 aliphatic heterocycles. The summed E-state index contributed by atoms with van der Waals surface area (Å²) in [5.74, 6) is -1.25. The summed E-state index contributed by atoms with van der Waals surface area (Å²) in [5.41, 5.74) is 2.58. The maximum Gasteiger partial charge on any atom is 0.200 e. The first-order valence-electron chi connectivity index (χ1n) is 11.1. The molecule has 0 N–H and O–H groups in total. The molecular weight excluding hydrogens is 401 g/mol. The molecule has 31 heavy (non-hydrogen) atoms. The Hall–Kier alpha value is -2.27.